The molecular weight excluding hydrogens is 425 g/mol. The van der Waals surface area contributed by atoms with Crippen LogP contribution in [0.5, 0.6) is 0 Å². The molecule has 2 amide bonds. The molecule has 0 aliphatic carbocycles. The molecule has 1 aliphatic heterocycles. The summed E-state index contributed by atoms with van der Waals surface area (Å²) < 4.78 is 41.1. The fourth-order valence-corrected chi connectivity index (χ4v) is 3.60. The fourth-order valence-electron chi connectivity index (χ4n) is 3.60. The third kappa shape index (κ3) is 3.59. The van der Waals surface area contributed by atoms with Crippen LogP contribution in [0.1, 0.15) is 44.8 Å². The van der Waals surface area contributed by atoms with Gasteiger partial charge in [-0.1, -0.05) is 30.3 Å². The number of pyridine rings is 1. The van der Waals surface area contributed by atoms with Crippen LogP contribution < -0.4 is 21.9 Å². The number of nitrogen functional groups attached to an aromatic ring is 1. The highest BCUT2D eigenvalue weighted by Gasteiger charge is 2.34. The van der Waals surface area contributed by atoms with Gasteiger partial charge in [0.05, 0.1) is 28.1 Å². The van der Waals surface area contributed by atoms with E-state index in [0.717, 1.165) is 28.3 Å². The van der Waals surface area contributed by atoms with Gasteiger partial charge in [-0.05, 0) is 30.7 Å². The SMILES string of the molecule is CC(Nc1ccc(C(F)(F)F)cc1-n1c(N)c2c(cc1=O)C(=O)NC2=O)c1ccccc1. The van der Waals surface area contributed by atoms with Gasteiger partial charge in [-0.15, -0.1) is 0 Å². The Labute approximate surface area is 179 Å². The van der Waals surface area contributed by atoms with E-state index in [1.807, 2.05) is 35.6 Å². The van der Waals surface area contributed by atoms with Crippen molar-refractivity contribution in [2.75, 3.05) is 11.1 Å². The maximum Gasteiger partial charge on any atom is 0.416 e. The van der Waals surface area contributed by atoms with Crippen LogP contribution in [0.25, 0.3) is 5.69 Å². The smallest absolute Gasteiger partial charge is 0.384 e. The van der Waals surface area contributed by atoms with Crippen molar-refractivity contribution in [3.05, 3.63) is 87.2 Å². The zero-order chi connectivity index (χ0) is 23.2. The van der Waals surface area contributed by atoms with Gasteiger partial charge in [0, 0.05) is 12.1 Å². The molecule has 32 heavy (non-hydrogen) atoms. The molecule has 0 spiro atoms. The zero-order valence-corrected chi connectivity index (χ0v) is 16.7. The van der Waals surface area contributed by atoms with Crippen LogP contribution in [0, 0.1) is 0 Å². The van der Waals surface area contributed by atoms with E-state index in [-0.39, 0.29) is 28.5 Å². The van der Waals surface area contributed by atoms with Crippen LogP contribution in [-0.2, 0) is 6.18 Å². The van der Waals surface area contributed by atoms with Gasteiger partial charge in [0.2, 0.25) is 0 Å². The van der Waals surface area contributed by atoms with Gasteiger partial charge in [-0.2, -0.15) is 13.2 Å². The molecule has 1 aliphatic rings. The van der Waals surface area contributed by atoms with Crippen molar-refractivity contribution < 1.29 is 22.8 Å². The average molecular weight is 442 g/mol. The molecule has 7 nitrogen and oxygen atoms in total. The number of nitrogens with zero attached hydrogens (tertiary/aromatic N) is 1. The lowest BCUT2D eigenvalue weighted by Crippen LogP contribution is -2.25. The lowest BCUT2D eigenvalue weighted by molar-refractivity contribution is -0.137. The number of anilines is 2. The Balaban J connectivity index is 1.91. The van der Waals surface area contributed by atoms with E-state index in [1.54, 1.807) is 6.92 Å². The molecule has 0 bridgehead atoms. The molecule has 0 saturated carbocycles. The number of hydrogen-bond acceptors (Lipinski definition) is 5. The van der Waals surface area contributed by atoms with E-state index in [1.165, 1.54) is 6.07 Å². The second-order valence-electron chi connectivity index (χ2n) is 7.28. The first-order chi connectivity index (χ1) is 15.1. The topological polar surface area (TPSA) is 106 Å². The van der Waals surface area contributed by atoms with Gasteiger partial charge < -0.3 is 11.1 Å². The summed E-state index contributed by atoms with van der Waals surface area (Å²) in [5.41, 5.74) is 4.56. The Morgan fingerprint density at radius 1 is 1.00 bits per heavy atom. The van der Waals surface area contributed by atoms with Crippen LogP contribution in [0.15, 0.2) is 59.4 Å². The first kappa shape index (κ1) is 21.2. The number of nitrogens with one attached hydrogen (secondary N) is 2. The number of amides is 2. The number of fused-ring (bicyclic) bond motifs is 1. The summed E-state index contributed by atoms with van der Waals surface area (Å²) in [5, 5.41) is 5.12. The molecule has 0 radical (unpaired) electrons. The molecular formula is C22H17F3N4O3. The number of imide groups is 1. The maximum atomic E-state index is 13.4. The predicted octanol–water partition coefficient (Wildman–Crippen LogP) is 3.50. The fraction of sp³-hybridized carbons (Fsp3) is 0.136. The molecule has 4 N–H and O–H groups in total. The van der Waals surface area contributed by atoms with E-state index in [4.69, 9.17) is 5.73 Å². The number of alkyl halides is 3. The Morgan fingerprint density at radius 2 is 1.69 bits per heavy atom. The van der Waals surface area contributed by atoms with Crippen molar-refractivity contribution in [2.45, 2.75) is 19.1 Å². The number of hydrogen-bond donors (Lipinski definition) is 3. The number of nitrogens with two attached hydrogens (primary N) is 1. The second kappa shape index (κ2) is 7.56. The van der Waals surface area contributed by atoms with Crippen LogP contribution in [0.2, 0.25) is 0 Å². The van der Waals surface area contributed by atoms with E-state index in [0.29, 0.717) is 0 Å². The van der Waals surface area contributed by atoms with Crippen LogP contribution >= 0.6 is 0 Å². The summed E-state index contributed by atoms with van der Waals surface area (Å²) in [6, 6.07) is 12.6. The third-order valence-electron chi connectivity index (χ3n) is 5.19. The van der Waals surface area contributed by atoms with Crippen molar-refractivity contribution in [3.63, 3.8) is 0 Å². The first-order valence-corrected chi connectivity index (χ1v) is 9.52. The third-order valence-corrected chi connectivity index (χ3v) is 5.19. The molecule has 0 fully saturated rings. The highest BCUT2D eigenvalue weighted by molar-refractivity contribution is 6.23. The molecule has 1 aromatic heterocycles. The van der Waals surface area contributed by atoms with Crippen LogP contribution in [0.3, 0.4) is 0 Å². The van der Waals surface area contributed by atoms with Crippen LogP contribution in [-0.4, -0.2) is 16.4 Å². The number of carbonyl (C=O) groups excluding carboxylic acids is 2. The summed E-state index contributed by atoms with van der Waals surface area (Å²) in [7, 11) is 0. The normalized spacial score (nSPS) is 14.1. The van der Waals surface area contributed by atoms with Gasteiger partial charge in [0.25, 0.3) is 17.4 Å². The lowest BCUT2D eigenvalue weighted by Gasteiger charge is -2.22. The first-order valence-electron chi connectivity index (χ1n) is 9.52. The Hall–Kier alpha value is -4.08. The second-order valence-corrected chi connectivity index (χ2v) is 7.28. The number of carbonyl (C=O) groups is 2. The molecule has 10 heteroatoms. The lowest BCUT2D eigenvalue weighted by atomic mass is 10.1. The van der Waals surface area contributed by atoms with Gasteiger partial charge >= 0.3 is 6.18 Å². The Morgan fingerprint density at radius 3 is 2.34 bits per heavy atom. The van der Waals surface area contributed by atoms with Crippen molar-refractivity contribution >= 4 is 23.3 Å². The number of rotatable bonds is 4. The van der Waals surface area contributed by atoms with E-state index in [9.17, 15) is 27.6 Å². The van der Waals surface area contributed by atoms with Crippen molar-refractivity contribution in [1.82, 2.24) is 9.88 Å². The molecule has 4 rings (SSSR count). The Bertz CT molecular complexity index is 1300. The minimum atomic E-state index is -4.68. The maximum absolute atomic E-state index is 13.4. The summed E-state index contributed by atoms with van der Waals surface area (Å²) in [6.45, 7) is 1.80. The van der Waals surface area contributed by atoms with E-state index in [2.05, 4.69) is 5.32 Å². The monoisotopic (exact) mass is 442 g/mol. The molecule has 2 heterocycles. The van der Waals surface area contributed by atoms with Gasteiger partial charge in [-0.3, -0.25) is 24.3 Å². The van der Waals surface area contributed by atoms with Crippen molar-refractivity contribution in [2.24, 2.45) is 0 Å². The van der Waals surface area contributed by atoms with Crippen molar-refractivity contribution in [1.29, 1.82) is 0 Å². The van der Waals surface area contributed by atoms with Crippen LogP contribution in [0.4, 0.5) is 24.7 Å². The summed E-state index contributed by atoms with van der Waals surface area (Å²) in [4.78, 5) is 36.8. The standard InChI is InChI=1S/C22H17F3N4O3/c1-11(12-5-3-2-4-6-12)27-15-8-7-13(22(23,24)25)9-16(15)29-17(30)10-14-18(19(29)26)21(32)28-20(14)31/h2-11,27H,26H2,1H3,(H,28,31,32). The summed E-state index contributed by atoms with van der Waals surface area (Å²) in [6.07, 6.45) is -4.68. The molecule has 1 atom stereocenters. The van der Waals surface area contributed by atoms with E-state index < -0.39 is 34.9 Å². The summed E-state index contributed by atoms with van der Waals surface area (Å²) in [5.74, 6) is -2.04. The highest BCUT2D eigenvalue weighted by atomic mass is 19.4. The summed E-state index contributed by atoms with van der Waals surface area (Å²) >= 11 is 0. The average Bonchev–Trinajstić information content (AvgIpc) is 3.02. The van der Waals surface area contributed by atoms with Gasteiger partial charge in [-0.25, -0.2) is 0 Å². The number of halogens is 3. The highest BCUT2D eigenvalue weighted by Crippen LogP contribution is 2.35. The Kier molecular flexibility index (Phi) is 5.00. The molecule has 3 aromatic rings. The quantitative estimate of drug-likeness (QED) is 0.537. The van der Waals surface area contributed by atoms with Gasteiger partial charge in [0.1, 0.15) is 5.82 Å². The van der Waals surface area contributed by atoms with Gasteiger partial charge in [0.15, 0.2) is 0 Å². The molecule has 1 unspecified atom stereocenters. The molecule has 164 valence electrons. The molecule has 0 saturated heterocycles. The minimum Gasteiger partial charge on any atom is -0.384 e. The number of benzene rings is 2. The number of aromatic nitrogens is 1. The minimum absolute atomic E-state index is 0.188. The zero-order valence-electron chi connectivity index (χ0n) is 16.7. The van der Waals surface area contributed by atoms with E-state index >= 15 is 0 Å². The largest absolute Gasteiger partial charge is 0.416 e. The predicted molar refractivity (Wildman–Crippen MR) is 112 cm³/mol. The molecule has 2 aromatic carbocycles. The van der Waals surface area contributed by atoms with Crippen molar-refractivity contribution in [3.8, 4) is 5.69 Å².